The minimum atomic E-state index is -0.242. The number of fused-ring (bicyclic) bond motifs is 1. The predicted molar refractivity (Wildman–Crippen MR) is 145 cm³/mol. The first kappa shape index (κ1) is 25.6. The van der Waals surface area contributed by atoms with Crippen LogP contribution < -0.4 is 21.3 Å². The van der Waals surface area contributed by atoms with Gasteiger partial charge >= 0.3 is 0 Å². The number of hydrogen-bond donors (Lipinski definition) is 4. The standard InChI is InChI=1S/C28H37N7O/c1-17(2)31-25(36)20-15-30-26(32-19-11-12-21-18(13-19)14-29-16-28(21,6)7)35-24(20)34-23-10-8-9-22(33-23)27(3,4)5/h8-13,15,17,29H,14,16H2,1-7H3,(H,31,36)(H2,30,32,33,34,35). The van der Waals surface area contributed by atoms with Crippen molar-refractivity contribution >= 4 is 29.2 Å². The maximum Gasteiger partial charge on any atom is 0.256 e. The van der Waals surface area contributed by atoms with Gasteiger partial charge in [0.15, 0.2) is 0 Å². The molecule has 3 aromatic rings. The smallest absolute Gasteiger partial charge is 0.256 e. The van der Waals surface area contributed by atoms with Crippen LogP contribution in [-0.2, 0) is 17.4 Å². The Bertz CT molecular complexity index is 1260. The molecule has 4 rings (SSSR count). The van der Waals surface area contributed by atoms with Crippen LogP contribution >= 0.6 is 0 Å². The maximum atomic E-state index is 12.9. The topological polar surface area (TPSA) is 104 Å². The molecule has 8 nitrogen and oxygen atoms in total. The number of hydrogen-bond acceptors (Lipinski definition) is 7. The van der Waals surface area contributed by atoms with E-state index in [4.69, 9.17) is 4.98 Å². The van der Waals surface area contributed by atoms with E-state index in [1.54, 1.807) is 6.20 Å². The summed E-state index contributed by atoms with van der Waals surface area (Å²) >= 11 is 0. The molecule has 4 N–H and O–H groups in total. The molecule has 0 saturated heterocycles. The van der Waals surface area contributed by atoms with Crippen molar-refractivity contribution in [2.45, 2.75) is 71.9 Å². The van der Waals surface area contributed by atoms with E-state index in [0.717, 1.165) is 24.5 Å². The summed E-state index contributed by atoms with van der Waals surface area (Å²) in [7, 11) is 0. The summed E-state index contributed by atoms with van der Waals surface area (Å²) in [5.41, 5.74) is 4.77. The molecule has 190 valence electrons. The number of amides is 1. The minimum Gasteiger partial charge on any atom is -0.350 e. The zero-order valence-corrected chi connectivity index (χ0v) is 22.3. The molecule has 3 heterocycles. The summed E-state index contributed by atoms with van der Waals surface area (Å²) in [5, 5.41) is 13.0. The van der Waals surface area contributed by atoms with Gasteiger partial charge in [-0.1, -0.05) is 46.8 Å². The zero-order valence-electron chi connectivity index (χ0n) is 22.3. The monoisotopic (exact) mass is 487 g/mol. The lowest BCUT2D eigenvalue weighted by atomic mass is 9.79. The summed E-state index contributed by atoms with van der Waals surface area (Å²) in [6, 6.07) is 12.2. The van der Waals surface area contributed by atoms with Gasteiger partial charge in [-0.05, 0) is 49.2 Å². The van der Waals surface area contributed by atoms with E-state index in [1.165, 1.54) is 11.1 Å². The second-order valence-electron chi connectivity index (χ2n) is 11.4. The number of nitrogens with zero attached hydrogens (tertiary/aromatic N) is 3. The van der Waals surface area contributed by atoms with Gasteiger partial charge in [0.05, 0.1) is 0 Å². The van der Waals surface area contributed by atoms with Gasteiger partial charge in [-0.25, -0.2) is 9.97 Å². The van der Waals surface area contributed by atoms with Crippen LogP contribution in [0.5, 0.6) is 0 Å². The number of aromatic nitrogens is 3. The van der Waals surface area contributed by atoms with Gasteiger partial charge in [-0.2, -0.15) is 4.98 Å². The summed E-state index contributed by atoms with van der Waals surface area (Å²) < 4.78 is 0. The lowest BCUT2D eigenvalue weighted by Crippen LogP contribution is -2.38. The van der Waals surface area contributed by atoms with E-state index in [2.05, 4.69) is 84.1 Å². The number of benzene rings is 1. The van der Waals surface area contributed by atoms with Gasteiger partial charge in [-0.15, -0.1) is 0 Å². The van der Waals surface area contributed by atoms with Crippen LogP contribution in [0.15, 0.2) is 42.6 Å². The van der Waals surface area contributed by atoms with Crippen molar-refractivity contribution < 1.29 is 4.79 Å². The van der Waals surface area contributed by atoms with Gasteiger partial charge in [-0.3, -0.25) is 4.79 Å². The molecule has 0 fully saturated rings. The molecule has 0 unspecified atom stereocenters. The van der Waals surface area contributed by atoms with Crippen LogP contribution in [0.25, 0.3) is 0 Å². The van der Waals surface area contributed by atoms with Crippen LogP contribution in [0, 0.1) is 0 Å². The Kier molecular flexibility index (Phi) is 7.00. The normalized spacial score (nSPS) is 14.8. The van der Waals surface area contributed by atoms with E-state index in [1.807, 2.05) is 32.0 Å². The first-order valence-corrected chi connectivity index (χ1v) is 12.5. The number of carbonyl (C=O) groups is 1. The van der Waals surface area contributed by atoms with Crippen molar-refractivity contribution in [1.82, 2.24) is 25.6 Å². The highest BCUT2D eigenvalue weighted by atomic mass is 16.1. The Morgan fingerprint density at radius 2 is 1.86 bits per heavy atom. The Morgan fingerprint density at radius 3 is 2.58 bits per heavy atom. The van der Waals surface area contributed by atoms with E-state index in [0.29, 0.717) is 23.1 Å². The summed E-state index contributed by atoms with van der Waals surface area (Å²) in [6.45, 7) is 16.4. The molecule has 1 aromatic carbocycles. The first-order valence-electron chi connectivity index (χ1n) is 12.5. The van der Waals surface area contributed by atoms with Crippen LogP contribution in [0.2, 0.25) is 0 Å². The van der Waals surface area contributed by atoms with Gasteiger partial charge in [0.2, 0.25) is 5.95 Å². The van der Waals surface area contributed by atoms with E-state index in [9.17, 15) is 4.79 Å². The molecule has 0 spiro atoms. The van der Waals surface area contributed by atoms with Crippen molar-refractivity contribution in [2.75, 3.05) is 17.2 Å². The largest absolute Gasteiger partial charge is 0.350 e. The fraction of sp³-hybridized carbons (Fsp3) is 0.429. The third-order valence-corrected chi connectivity index (χ3v) is 6.19. The first-order chi connectivity index (χ1) is 16.9. The van der Waals surface area contributed by atoms with Crippen LogP contribution in [0.1, 0.15) is 75.6 Å². The third kappa shape index (κ3) is 5.82. The van der Waals surface area contributed by atoms with E-state index >= 15 is 0 Å². The molecular weight excluding hydrogens is 450 g/mol. The highest BCUT2D eigenvalue weighted by molar-refractivity contribution is 5.99. The molecule has 36 heavy (non-hydrogen) atoms. The van der Waals surface area contributed by atoms with Crippen molar-refractivity contribution in [3.63, 3.8) is 0 Å². The molecular formula is C28H37N7O. The van der Waals surface area contributed by atoms with E-state index < -0.39 is 0 Å². The van der Waals surface area contributed by atoms with Gasteiger partial charge in [0, 0.05) is 47.5 Å². The van der Waals surface area contributed by atoms with Crippen LogP contribution in [-0.4, -0.2) is 33.4 Å². The third-order valence-electron chi connectivity index (χ3n) is 6.19. The quantitative estimate of drug-likeness (QED) is 0.380. The molecule has 8 heteroatoms. The second-order valence-corrected chi connectivity index (χ2v) is 11.4. The molecule has 0 bridgehead atoms. The fourth-order valence-corrected chi connectivity index (χ4v) is 4.30. The lowest BCUT2D eigenvalue weighted by Gasteiger charge is -2.33. The minimum absolute atomic E-state index is 0.0150. The molecule has 0 radical (unpaired) electrons. The van der Waals surface area contributed by atoms with Crippen molar-refractivity contribution in [3.05, 3.63) is 65.0 Å². The Morgan fingerprint density at radius 1 is 1.08 bits per heavy atom. The number of nitrogens with one attached hydrogen (secondary N) is 4. The van der Waals surface area contributed by atoms with Gasteiger partial charge in [0.1, 0.15) is 17.2 Å². The van der Waals surface area contributed by atoms with Gasteiger partial charge < -0.3 is 21.3 Å². The number of rotatable bonds is 6. The molecule has 1 amide bonds. The average Bonchev–Trinajstić information content (AvgIpc) is 2.78. The number of carbonyl (C=O) groups excluding carboxylic acids is 1. The fourth-order valence-electron chi connectivity index (χ4n) is 4.30. The molecule has 0 aliphatic carbocycles. The summed E-state index contributed by atoms with van der Waals surface area (Å²) in [6.07, 6.45) is 1.55. The number of pyridine rings is 1. The molecule has 1 aliphatic rings. The van der Waals surface area contributed by atoms with Crippen LogP contribution in [0.3, 0.4) is 0 Å². The highest BCUT2D eigenvalue weighted by Gasteiger charge is 2.27. The highest BCUT2D eigenvalue weighted by Crippen LogP contribution is 2.32. The summed E-state index contributed by atoms with van der Waals surface area (Å²) in [5.74, 6) is 1.17. The molecule has 0 atom stereocenters. The van der Waals surface area contributed by atoms with Crippen molar-refractivity contribution in [3.8, 4) is 0 Å². The van der Waals surface area contributed by atoms with Crippen molar-refractivity contribution in [1.29, 1.82) is 0 Å². The summed E-state index contributed by atoms with van der Waals surface area (Å²) in [4.78, 5) is 26.8. The predicted octanol–water partition coefficient (Wildman–Crippen LogP) is 5.18. The van der Waals surface area contributed by atoms with Crippen LogP contribution in [0.4, 0.5) is 23.3 Å². The molecule has 2 aromatic heterocycles. The zero-order chi connectivity index (χ0) is 26.1. The Balaban J connectivity index is 1.66. The average molecular weight is 488 g/mol. The van der Waals surface area contributed by atoms with Crippen molar-refractivity contribution in [2.24, 2.45) is 0 Å². The SMILES string of the molecule is CC(C)NC(=O)c1cnc(Nc2ccc3c(c2)CNCC3(C)C)nc1Nc1cccc(C(C)(C)C)n1. The second kappa shape index (κ2) is 9.85. The Labute approximate surface area is 213 Å². The van der Waals surface area contributed by atoms with Gasteiger partial charge in [0.25, 0.3) is 5.91 Å². The maximum absolute atomic E-state index is 12.9. The Hall–Kier alpha value is -3.52. The number of anilines is 4. The molecule has 0 saturated carbocycles. The van der Waals surface area contributed by atoms with E-state index in [-0.39, 0.29) is 22.8 Å². The lowest BCUT2D eigenvalue weighted by molar-refractivity contribution is 0.0943. The molecule has 1 aliphatic heterocycles.